The van der Waals surface area contributed by atoms with Gasteiger partial charge in [0.15, 0.2) is 0 Å². The van der Waals surface area contributed by atoms with Gasteiger partial charge in [-0.2, -0.15) is 10.4 Å². The molecule has 0 spiro atoms. The molecule has 0 bridgehead atoms. The standard InChI is InChI=1S/C11H11N5O/c1-2-17-11-7(6-12)8(13)5-10(15-11)9-3-4-14-16-9/h3-5H,2H2,1H3,(H2,13,15)(H,14,16). The second-order valence-corrected chi connectivity index (χ2v) is 3.28. The lowest BCUT2D eigenvalue weighted by Gasteiger charge is -2.08. The summed E-state index contributed by atoms with van der Waals surface area (Å²) < 4.78 is 5.30. The maximum atomic E-state index is 8.98. The Hall–Kier alpha value is -2.55. The molecule has 0 aliphatic heterocycles. The Balaban J connectivity index is 2.55. The van der Waals surface area contributed by atoms with Gasteiger partial charge in [0.25, 0.3) is 0 Å². The molecule has 0 atom stereocenters. The summed E-state index contributed by atoms with van der Waals surface area (Å²) in [6.45, 7) is 2.24. The first-order valence-corrected chi connectivity index (χ1v) is 5.09. The van der Waals surface area contributed by atoms with Crippen molar-refractivity contribution in [1.29, 1.82) is 5.26 Å². The van der Waals surface area contributed by atoms with Gasteiger partial charge < -0.3 is 10.5 Å². The number of pyridine rings is 1. The summed E-state index contributed by atoms with van der Waals surface area (Å²) in [7, 11) is 0. The van der Waals surface area contributed by atoms with E-state index in [9.17, 15) is 0 Å². The summed E-state index contributed by atoms with van der Waals surface area (Å²) in [5.74, 6) is 0.244. The monoisotopic (exact) mass is 229 g/mol. The number of H-pyrrole nitrogens is 1. The summed E-state index contributed by atoms with van der Waals surface area (Å²) in [6, 6.07) is 5.36. The minimum absolute atomic E-state index is 0.244. The summed E-state index contributed by atoms with van der Waals surface area (Å²) in [5.41, 5.74) is 7.61. The number of nitrogen functional groups attached to an aromatic ring is 1. The fourth-order valence-electron chi connectivity index (χ4n) is 1.43. The lowest BCUT2D eigenvalue weighted by atomic mass is 10.2. The van der Waals surface area contributed by atoms with Gasteiger partial charge in [-0.25, -0.2) is 4.98 Å². The van der Waals surface area contributed by atoms with E-state index in [2.05, 4.69) is 15.2 Å². The highest BCUT2D eigenvalue weighted by molar-refractivity contribution is 5.67. The van der Waals surface area contributed by atoms with Crippen LogP contribution in [0.1, 0.15) is 12.5 Å². The molecule has 0 saturated carbocycles. The Morgan fingerprint density at radius 3 is 2.94 bits per heavy atom. The molecule has 0 amide bonds. The van der Waals surface area contributed by atoms with Crippen LogP contribution in [0.2, 0.25) is 0 Å². The highest BCUT2D eigenvalue weighted by Gasteiger charge is 2.13. The third-order valence-corrected chi connectivity index (χ3v) is 2.17. The van der Waals surface area contributed by atoms with Crippen LogP contribution in [0.15, 0.2) is 18.3 Å². The van der Waals surface area contributed by atoms with E-state index in [1.54, 1.807) is 18.3 Å². The molecule has 2 aromatic heterocycles. The molecular weight excluding hydrogens is 218 g/mol. The molecule has 0 unspecified atom stereocenters. The first kappa shape index (κ1) is 11.0. The molecule has 0 radical (unpaired) electrons. The van der Waals surface area contributed by atoms with Crippen LogP contribution in [0.5, 0.6) is 5.88 Å². The fraction of sp³-hybridized carbons (Fsp3) is 0.182. The highest BCUT2D eigenvalue weighted by atomic mass is 16.5. The van der Waals surface area contributed by atoms with Gasteiger partial charge in [-0.15, -0.1) is 0 Å². The van der Waals surface area contributed by atoms with Crippen LogP contribution in [0.4, 0.5) is 5.69 Å². The number of hydrogen-bond donors (Lipinski definition) is 2. The smallest absolute Gasteiger partial charge is 0.234 e. The molecule has 2 rings (SSSR count). The van der Waals surface area contributed by atoms with Crippen LogP contribution in [-0.4, -0.2) is 21.8 Å². The molecule has 0 fully saturated rings. The van der Waals surface area contributed by atoms with Crippen LogP contribution in [0, 0.1) is 11.3 Å². The van der Waals surface area contributed by atoms with Crippen molar-refractivity contribution in [2.45, 2.75) is 6.92 Å². The minimum Gasteiger partial charge on any atom is -0.477 e. The van der Waals surface area contributed by atoms with Crippen LogP contribution in [-0.2, 0) is 0 Å². The van der Waals surface area contributed by atoms with Crippen molar-refractivity contribution in [2.75, 3.05) is 12.3 Å². The van der Waals surface area contributed by atoms with Crippen molar-refractivity contribution in [3.05, 3.63) is 23.9 Å². The van der Waals surface area contributed by atoms with Gasteiger partial charge in [0.2, 0.25) is 5.88 Å². The lowest BCUT2D eigenvalue weighted by Crippen LogP contribution is -2.02. The van der Waals surface area contributed by atoms with E-state index in [1.807, 2.05) is 13.0 Å². The Labute approximate surface area is 98.0 Å². The number of hydrogen-bond acceptors (Lipinski definition) is 5. The number of nitrogens with zero attached hydrogens (tertiary/aromatic N) is 3. The van der Waals surface area contributed by atoms with Gasteiger partial charge in [-0.05, 0) is 19.1 Å². The molecule has 2 heterocycles. The predicted molar refractivity (Wildman–Crippen MR) is 62.1 cm³/mol. The van der Waals surface area contributed by atoms with E-state index >= 15 is 0 Å². The van der Waals surface area contributed by atoms with E-state index < -0.39 is 0 Å². The van der Waals surface area contributed by atoms with Gasteiger partial charge in [-0.1, -0.05) is 0 Å². The molecule has 0 aliphatic rings. The summed E-state index contributed by atoms with van der Waals surface area (Å²) in [5, 5.41) is 15.7. The van der Waals surface area contributed by atoms with Crippen molar-refractivity contribution in [3.63, 3.8) is 0 Å². The summed E-state index contributed by atoms with van der Waals surface area (Å²) in [6.07, 6.45) is 1.69. The highest BCUT2D eigenvalue weighted by Crippen LogP contribution is 2.26. The quantitative estimate of drug-likeness (QED) is 0.826. The Bertz CT molecular complexity index is 556. The maximum Gasteiger partial charge on any atom is 0.234 e. The molecule has 0 aromatic carbocycles. The average Bonchev–Trinajstić information content (AvgIpc) is 2.82. The number of rotatable bonds is 3. The third kappa shape index (κ3) is 2.03. The van der Waals surface area contributed by atoms with Gasteiger partial charge in [0.1, 0.15) is 17.3 Å². The second kappa shape index (κ2) is 4.53. The van der Waals surface area contributed by atoms with Crippen molar-refractivity contribution < 1.29 is 4.74 Å². The molecule has 86 valence electrons. The average molecular weight is 229 g/mol. The molecule has 0 aliphatic carbocycles. The number of nitrogens with two attached hydrogens (primary N) is 1. The van der Waals surface area contributed by atoms with E-state index in [4.69, 9.17) is 15.7 Å². The van der Waals surface area contributed by atoms with E-state index in [1.165, 1.54) is 0 Å². The molecule has 3 N–H and O–H groups in total. The zero-order valence-corrected chi connectivity index (χ0v) is 9.27. The van der Waals surface area contributed by atoms with Crippen LogP contribution in [0.3, 0.4) is 0 Å². The van der Waals surface area contributed by atoms with Gasteiger partial charge in [0, 0.05) is 6.20 Å². The number of nitriles is 1. The van der Waals surface area contributed by atoms with Crippen molar-refractivity contribution in [3.8, 4) is 23.3 Å². The molecule has 6 nitrogen and oxygen atoms in total. The van der Waals surface area contributed by atoms with Crippen molar-refractivity contribution in [2.24, 2.45) is 0 Å². The zero-order valence-electron chi connectivity index (χ0n) is 9.27. The lowest BCUT2D eigenvalue weighted by molar-refractivity contribution is 0.326. The maximum absolute atomic E-state index is 8.98. The van der Waals surface area contributed by atoms with E-state index in [0.29, 0.717) is 23.7 Å². The molecule has 2 aromatic rings. The number of anilines is 1. The van der Waals surface area contributed by atoms with Gasteiger partial charge >= 0.3 is 0 Å². The Kier molecular flexibility index (Phi) is 2.92. The molecule has 0 saturated heterocycles. The Morgan fingerprint density at radius 1 is 1.53 bits per heavy atom. The van der Waals surface area contributed by atoms with Crippen LogP contribution < -0.4 is 10.5 Å². The fourth-order valence-corrected chi connectivity index (χ4v) is 1.43. The first-order chi connectivity index (χ1) is 8.26. The van der Waals surface area contributed by atoms with E-state index in [0.717, 1.165) is 0 Å². The second-order valence-electron chi connectivity index (χ2n) is 3.28. The number of aromatic amines is 1. The zero-order chi connectivity index (χ0) is 12.3. The minimum atomic E-state index is 0.244. The van der Waals surface area contributed by atoms with Gasteiger partial charge in [0.05, 0.1) is 18.0 Å². The first-order valence-electron chi connectivity index (χ1n) is 5.09. The van der Waals surface area contributed by atoms with Crippen molar-refractivity contribution >= 4 is 5.69 Å². The van der Waals surface area contributed by atoms with Crippen LogP contribution in [0.25, 0.3) is 11.4 Å². The van der Waals surface area contributed by atoms with Crippen molar-refractivity contribution in [1.82, 2.24) is 15.2 Å². The summed E-state index contributed by atoms with van der Waals surface area (Å²) in [4.78, 5) is 4.23. The van der Waals surface area contributed by atoms with Crippen LogP contribution >= 0.6 is 0 Å². The largest absolute Gasteiger partial charge is 0.477 e. The molecule has 17 heavy (non-hydrogen) atoms. The summed E-state index contributed by atoms with van der Waals surface area (Å²) >= 11 is 0. The number of aromatic nitrogens is 3. The number of nitrogens with one attached hydrogen (secondary N) is 1. The normalized spacial score (nSPS) is 9.88. The SMILES string of the molecule is CCOc1nc(-c2cc[nH]n2)cc(N)c1C#N. The Morgan fingerprint density at radius 2 is 2.35 bits per heavy atom. The number of ether oxygens (including phenoxy) is 1. The third-order valence-electron chi connectivity index (χ3n) is 2.17. The molecule has 6 heteroatoms. The van der Waals surface area contributed by atoms with Gasteiger partial charge in [-0.3, -0.25) is 5.10 Å². The predicted octanol–water partition coefficient (Wildman–Crippen LogP) is 1.32. The molecular formula is C11H11N5O. The van der Waals surface area contributed by atoms with E-state index in [-0.39, 0.29) is 11.4 Å². The topological polar surface area (TPSA) is 101 Å².